The Kier molecular flexibility index (Phi) is 6.09. The average molecular weight is 378 g/mol. The number of rotatable bonds is 7. The zero-order chi connectivity index (χ0) is 20.1. The number of hydrogen-bond donors (Lipinski definition) is 2. The molecule has 0 aliphatic heterocycles. The van der Waals surface area contributed by atoms with Crippen molar-refractivity contribution in [3.8, 4) is 0 Å². The van der Waals surface area contributed by atoms with Crippen molar-refractivity contribution in [1.29, 1.82) is 0 Å². The Morgan fingerprint density at radius 3 is 2.57 bits per heavy atom. The van der Waals surface area contributed by atoms with Crippen LogP contribution in [0.1, 0.15) is 36.7 Å². The molecule has 0 saturated carbocycles. The highest BCUT2D eigenvalue weighted by molar-refractivity contribution is 5.92. The van der Waals surface area contributed by atoms with Crippen LogP contribution in [0.15, 0.2) is 42.5 Å². The summed E-state index contributed by atoms with van der Waals surface area (Å²) in [6, 6.07) is 13.5. The van der Waals surface area contributed by atoms with Crippen LogP contribution in [0.3, 0.4) is 0 Å². The summed E-state index contributed by atoms with van der Waals surface area (Å²) in [6.45, 7) is 6.45. The molecule has 0 fully saturated rings. The van der Waals surface area contributed by atoms with E-state index in [0.29, 0.717) is 18.8 Å². The topological polar surface area (TPSA) is 76.0 Å². The van der Waals surface area contributed by atoms with Crippen molar-refractivity contribution >= 4 is 28.5 Å². The number of aromatic nitrogens is 2. The average Bonchev–Trinajstić information content (AvgIpc) is 3.01. The van der Waals surface area contributed by atoms with Crippen molar-refractivity contribution in [2.24, 2.45) is 0 Å². The molecule has 6 nitrogen and oxygen atoms in total. The molecule has 0 saturated heterocycles. The molecule has 1 aromatic heterocycles. The monoisotopic (exact) mass is 378 g/mol. The van der Waals surface area contributed by atoms with Crippen LogP contribution in [-0.4, -0.2) is 21.4 Å². The summed E-state index contributed by atoms with van der Waals surface area (Å²) < 4.78 is 1.86. The van der Waals surface area contributed by atoms with E-state index < -0.39 is 0 Å². The number of hydrogen-bond acceptors (Lipinski definition) is 3. The number of carbonyl (C=O) groups is 2. The lowest BCUT2D eigenvalue weighted by molar-refractivity contribution is -0.121. The summed E-state index contributed by atoms with van der Waals surface area (Å²) in [5, 5.41) is 5.83. The van der Waals surface area contributed by atoms with Crippen LogP contribution in [0, 0.1) is 13.8 Å². The second-order valence-corrected chi connectivity index (χ2v) is 6.98. The molecule has 0 aliphatic carbocycles. The molecule has 0 unspecified atom stereocenters. The van der Waals surface area contributed by atoms with E-state index in [9.17, 15) is 9.59 Å². The predicted octanol–water partition coefficient (Wildman–Crippen LogP) is 3.71. The Bertz CT molecular complexity index is 1010. The zero-order valence-corrected chi connectivity index (χ0v) is 16.6. The van der Waals surface area contributed by atoms with Gasteiger partial charge in [-0.05, 0) is 55.7 Å². The number of para-hydroxylation sites is 2. The molecule has 2 amide bonds. The third kappa shape index (κ3) is 4.57. The van der Waals surface area contributed by atoms with Crippen molar-refractivity contribution in [1.82, 2.24) is 14.9 Å². The number of nitrogens with zero attached hydrogens (tertiary/aromatic N) is 2. The predicted molar refractivity (Wildman–Crippen MR) is 111 cm³/mol. The molecule has 6 heteroatoms. The normalized spacial score (nSPS) is 10.8. The lowest BCUT2D eigenvalue weighted by Gasteiger charge is -2.11. The van der Waals surface area contributed by atoms with E-state index in [1.807, 2.05) is 67.8 Å². The van der Waals surface area contributed by atoms with Gasteiger partial charge in [0.2, 0.25) is 11.8 Å². The fourth-order valence-corrected chi connectivity index (χ4v) is 3.09. The molecule has 2 N–H and O–H groups in total. The standard InChI is InChI=1S/C22H26N4O2/c1-4-7-21(27)23-13-20-25-18-8-5-6-9-19(18)26(20)14-22(28)24-17-11-10-15(2)16(3)12-17/h5-6,8-12H,4,7,13-14H2,1-3H3,(H,23,27)(H,24,28). The smallest absolute Gasteiger partial charge is 0.244 e. The minimum Gasteiger partial charge on any atom is -0.349 e. The lowest BCUT2D eigenvalue weighted by atomic mass is 10.1. The summed E-state index contributed by atoms with van der Waals surface area (Å²) >= 11 is 0. The maximum atomic E-state index is 12.7. The molecule has 0 atom stereocenters. The molecular weight excluding hydrogens is 352 g/mol. The number of nitrogens with one attached hydrogen (secondary N) is 2. The Labute approximate surface area is 165 Å². The van der Waals surface area contributed by atoms with Gasteiger partial charge in [-0.15, -0.1) is 0 Å². The SMILES string of the molecule is CCCC(=O)NCc1nc2ccccc2n1CC(=O)Nc1ccc(C)c(C)c1. The highest BCUT2D eigenvalue weighted by atomic mass is 16.2. The van der Waals surface area contributed by atoms with Crippen LogP contribution in [0.4, 0.5) is 5.69 Å². The van der Waals surface area contributed by atoms with E-state index in [-0.39, 0.29) is 18.4 Å². The molecule has 3 aromatic rings. The molecule has 146 valence electrons. The maximum Gasteiger partial charge on any atom is 0.244 e. The first-order valence-electron chi connectivity index (χ1n) is 9.56. The second-order valence-electron chi connectivity index (χ2n) is 6.98. The molecule has 1 heterocycles. The molecule has 0 bridgehead atoms. The molecule has 0 spiro atoms. The van der Waals surface area contributed by atoms with Crippen LogP contribution in [0.2, 0.25) is 0 Å². The lowest BCUT2D eigenvalue weighted by Crippen LogP contribution is -2.26. The second kappa shape index (κ2) is 8.69. The van der Waals surface area contributed by atoms with Crippen molar-refractivity contribution in [2.45, 2.75) is 46.7 Å². The van der Waals surface area contributed by atoms with E-state index >= 15 is 0 Å². The molecule has 2 aromatic carbocycles. The summed E-state index contributed by atoms with van der Waals surface area (Å²) in [4.78, 5) is 29.1. The van der Waals surface area contributed by atoms with Crippen molar-refractivity contribution in [2.75, 3.05) is 5.32 Å². The van der Waals surface area contributed by atoms with E-state index in [2.05, 4.69) is 15.6 Å². The fraction of sp³-hybridized carbons (Fsp3) is 0.318. The summed E-state index contributed by atoms with van der Waals surface area (Å²) in [5.41, 5.74) is 4.77. The minimum atomic E-state index is -0.132. The van der Waals surface area contributed by atoms with E-state index in [0.717, 1.165) is 28.7 Å². The number of benzene rings is 2. The molecule has 28 heavy (non-hydrogen) atoms. The van der Waals surface area contributed by atoms with E-state index in [4.69, 9.17) is 0 Å². The Morgan fingerprint density at radius 1 is 1.04 bits per heavy atom. The van der Waals surface area contributed by atoms with Gasteiger partial charge in [0.05, 0.1) is 17.6 Å². The van der Waals surface area contributed by atoms with Crippen molar-refractivity contribution < 1.29 is 9.59 Å². The quantitative estimate of drug-likeness (QED) is 0.658. The van der Waals surface area contributed by atoms with Crippen molar-refractivity contribution in [3.05, 3.63) is 59.4 Å². The molecular formula is C22H26N4O2. The third-order valence-corrected chi connectivity index (χ3v) is 4.75. The first kappa shape index (κ1) is 19.6. The summed E-state index contributed by atoms with van der Waals surface area (Å²) in [7, 11) is 0. The number of carbonyl (C=O) groups excluding carboxylic acids is 2. The van der Waals surface area contributed by atoms with E-state index in [1.54, 1.807) is 0 Å². The first-order valence-corrected chi connectivity index (χ1v) is 9.56. The van der Waals surface area contributed by atoms with Crippen LogP contribution in [0.5, 0.6) is 0 Å². The Hall–Kier alpha value is -3.15. The van der Waals surface area contributed by atoms with Gasteiger partial charge in [-0.2, -0.15) is 0 Å². The number of fused-ring (bicyclic) bond motifs is 1. The van der Waals surface area contributed by atoms with Gasteiger partial charge in [0.25, 0.3) is 0 Å². The van der Waals surface area contributed by atoms with Gasteiger partial charge in [-0.3, -0.25) is 9.59 Å². The van der Waals surface area contributed by atoms with Crippen LogP contribution < -0.4 is 10.6 Å². The van der Waals surface area contributed by atoms with Crippen LogP contribution in [0.25, 0.3) is 11.0 Å². The maximum absolute atomic E-state index is 12.7. The van der Waals surface area contributed by atoms with Gasteiger partial charge in [0.1, 0.15) is 12.4 Å². The summed E-state index contributed by atoms with van der Waals surface area (Å²) in [6.07, 6.45) is 1.27. The largest absolute Gasteiger partial charge is 0.349 e. The highest BCUT2D eigenvalue weighted by Crippen LogP contribution is 2.18. The van der Waals surface area contributed by atoms with Crippen molar-refractivity contribution in [3.63, 3.8) is 0 Å². The van der Waals surface area contributed by atoms with Crippen LogP contribution in [-0.2, 0) is 22.7 Å². The Balaban J connectivity index is 1.79. The summed E-state index contributed by atoms with van der Waals surface area (Å²) in [5.74, 6) is 0.522. The highest BCUT2D eigenvalue weighted by Gasteiger charge is 2.14. The number of anilines is 1. The van der Waals surface area contributed by atoms with Gasteiger partial charge in [0, 0.05) is 12.1 Å². The number of imidazole rings is 1. The molecule has 0 radical (unpaired) electrons. The van der Waals surface area contributed by atoms with Gasteiger partial charge in [-0.1, -0.05) is 25.1 Å². The molecule has 3 rings (SSSR count). The zero-order valence-electron chi connectivity index (χ0n) is 16.6. The fourth-order valence-electron chi connectivity index (χ4n) is 3.09. The number of aryl methyl sites for hydroxylation is 2. The first-order chi connectivity index (χ1) is 13.5. The third-order valence-electron chi connectivity index (χ3n) is 4.75. The Morgan fingerprint density at radius 2 is 1.82 bits per heavy atom. The van der Waals surface area contributed by atoms with Gasteiger partial charge in [-0.25, -0.2) is 4.98 Å². The minimum absolute atomic E-state index is 0.0133. The number of amides is 2. The molecule has 0 aliphatic rings. The van der Waals surface area contributed by atoms with E-state index in [1.165, 1.54) is 5.56 Å². The van der Waals surface area contributed by atoms with Crippen LogP contribution >= 0.6 is 0 Å². The van der Waals surface area contributed by atoms with Gasteiger partial charge >= 0.3 is 0 Å². The van der Waals surface area contributed by atoms with Gasteiger partial charge in [0.15, 0.2) is 0 Å². The van der Waals surface area contributed by atoms with Gasteiger partial charge < -0.3 is 15.2 Å².